The van der Waals surface area contributed by atoms with Gasteiger partial charge in [0, 0.05) is 5.54 Å². The van der Waals surface area contributed by atoms with Crippen molar-refractivity contribution in [2.75, 3.05) is 25.6 Å². The van der Waals surface area contributed by atoms with Gasteiger partial charge in [-0.25, -0.2) is 0 Å². The van der Waals surface area contributed by atoms with Crippen molar-refractivity contribution in [2.24, 2.45) is 5.73 Å². The van der Waals surface area contributed by atoms with Crippen LogP contribution in [0.4, 0.5) is 5.69 Å². The topological polar surface area (TPSA) is 73.6 Å². The Morgan fingerprint density at radius 3 is 2.75 bits per heavy atom. The molecule has 3 N–H and O–H groups in total. The minimum absolute atomic E-state index is 0.0109. The highest BCUT2D eigenvalue weighted by atomic mass is 16.5. The molecule has 1 aliphatic rings. The van der Waals surface area contributed by atoms with E-state index in [1.54, 1.807) is 19.2 Å². The van der Waals surface area contributed by atoms with Crippen molar-refractivity contribution in [2.45, 2.75) is 31.2 Å². The van der Waals surface area contributed by atoms with Gasteiger partial charge in [-0.05, 0) is 25.0 Å². The van der Waals surface area contributed by atoms with Crippen molar-refractivity contribution in [1.82, 2.24) is 0 Å². The maximum Gasteiger partial charge on any atom is 0.250 e. The predicted octanol–water partition coefficient (Wildman–Crippen LogP) is 1.92. The molecule has 1 aliphatic carbocycles. The van der Waals surface area contributed by atoms with Crippen LogP contribution in [0.3, 0.4) is 0 Å². The highest BCUT2D eigenvalue weighted by Crippen LogP contribution is 2.27. The molecule has 0 bridgehead atoms. The fourth-order valence-electron chi connectivity index (χ4n) is 2.50. The molecule has 0 radical (unpaired) electrons. The molecule has 110 valence electrons. The van der Waals surface area contributed by atoms with E-state index in [-0.39, 0.29) is 18.1 Å². The Morgan fingerprint density at radius 1 is 1.35 bits per heavy atom. The first kappa shape index (κ1) is 14.8. The van der Waals surface area contributed by atoms with Crippen LogP contribution < -0.4 is 15.8 Å². The molecule has 5 nitrogen and oxygen atoms in total. The van der Waals surface area contributed by atoms with Gasteiger partial charge in [0.05, 0.1) is 19.4 Å². The lowest BCUT2D eigenvalue weighted by Crippen LogP contribution is -2.42. The van der Waals surface area contributed by atoms with E-state index < -0.39 is 0 Å². The van der Waals surface area contributed by atoms with E-state index in [1.165, 1.54) is 0 Å². The third kappa shape index (κ3) is 3.95. The van der Waals surface area contributed by atoms with E-state index in [1.807, 2.05) is 12.1 Å². The summed E-state index contributed by atoms with van der Waals surface area (Å²) in [6.07, 6.45) is 4.24. The number of nitrogens with one attached hydrogen (secondary N) is 1. The molecule has 1 fully saturated rings. The Kier molecular flexibility index (Phi) is 4.98. The van der Waals surface area contributed by atoms with E-state index in [0.29, 0.717) is 18.0 Å². The van der Waals surface area contributed by atoms with E-state index in [2.05, 4.69) is 5.32 Å². The molecule has 0 aliphatic heterocycles. The molecule has 20 heavy (non-hydrogen) atoms. The van der Waals surface area contributed by atoms with Gasteiger partial charge in [-0.15, -0.1) is 0 Å². The summed E-state index contributed by atoms with van der Waals surface area (Å²) in [6.45, 7) is 0.448. The number of methoxy groups -OCH3 is 1. The number of hydrogen-bond acceptors (Lipinski definition) is 4. The second kappa shape index (κ2) is 6.72. The Bertz CT molecular complexity index is 456. The molecular formula is C15H22N2O3. The largest absolute Gasteiger partial charge is 0.495 e. The summed E-state index contributed by atoms with van der Waals surface area (Å²) in [5, 5.41) is 2.77. The number of carbonyl (C=O) groups is 1. The van der Waals surface area contributed by atoms with Crippen LogP contribution in [0.25, 0.3) is 0 Å². The van der Waals surface area contributed by atoms with Gasteiger partial charge in [-0.1, -0.05) is 25.0 Å². The van der Waals surface area contributed by atoms with Crippen molar-refractivity contribution >= 4 is 11.6 Å². The number of amides is 1. The summed E-state index contributed by atoms with van der Waals surface area (Å²) in [6, 6.07) is 7.28. The number of rotatable bonds is 6. The molecular weight excluding hydrogens is 256 g/mol. The number of ether oxygens (including phenoxy) is 2. The molecule has 5 heteroatoms. The zero-order valence-corrected chi connectivity index (χ0v) is 11.9. The zero-order chi connectivity index (χ0) is 14.4. The highest BCUT2D eigenvalue weighted by Gasteiger charge is 2.29. The maximum absolute atomic E-state index is 11.8. The Morgan fingerprint density at radius 2 is 2.05 bits per heavy atom. The third-order valence-corrected chi connectivity index (χ3v) is 3.60. The monoisotopic (exact) mass is 278 g/mol. The van der Waals surface area contributed by atoms with Crippen LogP contribution in [0.5, 0.6) is 5.75 Å². The number of benzene rings is 1. The molecule has 0 aromatic heterocycles. The van der Waals surface area contributed by atoms with E-state index in [9.17, 15) is 4.79 Å². The first-order chi connectivity index (χ1) is 9.63. The molecule has 0 spiro atoms. The average molecular weight is 278 g/mol. The predicted molar refractivity (Wildman–Crippen MR) is 77.8 cm³/mol. The summed E-state index contributed by atoms with van der Waals surface area (Å²) in [5.41, 5.74) is 6.57. The smallest absolute Gasteiger partial charge is 0.250 e. The fraction of sp³-hybridized carbons (Fsp3) is 0.533. The van der Waals surface area contributed by atoms with Crippen molar-refractivity contribution in [3.8, 4) is 5.75 Å². The summed E-state index contributed by atoms with van der Waals surface area (Å²) in [4.78, 5) is 11.8. The Hall–Kier alpha value is -1.59. The van der Waals surface area contributed by atoms with Gasteiger partial charge in [0.15, 0.2) is 0 Å². The highest BCUT2D eigenvalue weighted by molar-refractivity contribution is 5.93. The first-order valence-corrected chi connectivity index (χ1v) is 6.92. The lowest BCUT2D eigenvalue weighted by Gasteiger charge is -2.22. The zero-order valence-electron chi connectivity index (χ0n) is 11.9. The Labute approximate surface area is 119 Å². The standard InChI is InChI=1S/C15H22N2O3/c1-19-13-7-3-2-6-12(13)17-14(18)10-20-11-15(16)8-4-5-9-15/h2-3,6-7H,4-5,8-11,16H2,1H3,(H,17,18). The van der Waals surface area contributed by atoms with Crippen molar-refractivity contribution in [1.29, 1.82) is 0 Å². The SMILES string of the molecule is COc1ccccc1NC(=O)COCC1(N)CCCC1. The van der Waals surface area contributed by atoms with Crippen LogP contribution in [-0.2, 0) is 9.53 Å². The van der Waals surface area contributed by atoms with Gasteiger partial charge in [0.2, 0.25) is 5.91 Å². The number of hydrogen-bond donors (Lipinski definition) is 2. The Balaban J connectivity index is 1.78. The summed E-state index contributed by atoms with van der Waals surface area (Å²) in [7, 11) is 1.57. The molecule has 0 saturated heterocycles. The van der Waals surface area contributed by atoms with Crippen molar-refractivity contribution < 1.29 is 14.3 Å². The van der Waals surface area contributed by atoms with Crippen LogP contribution in [0.2, 0.25) is 0 Å². The van der Waals surface area contributed by atoms with E-state index >= 15 is 0 Å². The molecule has 0 unspecified atom stereocenters. The van der Waals surface area contributed by atoms with Gasteiger partial charge < -0.3 is 20.5 Å². The van der Waals surface area contributed by atoms with Crippen molar-refractivity contribution in [3.63, 3.8) is 0 Å². The molecule has 1 amide bonds. The van der Waals surface area contributed by atoms with Crippen molar-refractivity contribution in [3.05, 3.63) is 24.3 Å². The van der Waals surface area contributed by atoms with Crippen LogP contribution in [-0.4, -0.2) is 31.8 Å². The van der Waals surface area contributed by atoms with Gasteiger partial charge >= 0.3 is 0 Å². The van der Waals surface area contributed by atoms with Crippen LogP contribution >= 0.6 is 0 Å². The minimum Gasteiger partial charge on any atom is -0.495 e. The van der Waals surface area contributed by atoms with Gasteiger partial charge in [0.1, 0.15) is 12.4 Å². The molecule has 1 aromatic rings. The van der Waals surface area contributed by atoms with Gasteiger partial charge in [0.25, 0.3) is 0 Å². The lowest BCUT2D eigenvalue weighted by molar-refractivity contribution is -0.121. The summed E-state index contributed by atoms with van der Waals surface area (Å²) in [5.74, 6) is 0.433. The van der Waals surface area contributed by atoms with Gasteiger partial charge in [-0.3, -0.25) is 4.79 Å². The second-order valence-electron chi connectivity index (χ2n) is 5.31. The minimum atomic E-state index is -0.245. The van der Waals surface area contributed by atoms with E-state index in [4.69, 9.17) is 15.2 Å². The summed E-state index contributed by atoms with van der Waals surface area (Å²) < 4.78 is 10.6. The maximum atomic E-state index is 11.8. The third-order valence-electron chi connectivity index (χ3n) is 3.60. The van der Waals surface area contributed by atoms with E-state index in [0.717, 1.165) is 25.7 Å². The number of anilines is 1. The quantitative estimate of drug-likeness (QED) is 0.833. The number of carbonyl (C=O) groups excluding carboxylic acids is 1. The molecule has 0 atom stereocenters. The second-order valence-corrected chi connectivity index (χ2v) is 5.31. The van der Waals surface area contributed by atoms with Crippen LogP contribution in [0.15, 0.2) is 24.3 Å². The normalized spacial score (nSPS) is 16.9. The first-order valence-electron chi connectivity index (χ1n) is 6.92. The van der Waals surface area contributed by atoms with Crippen LogP contribution in [0.1, 0.15) is 25.7 Å². The molecule has 1 aromatic carbocycles. The summed E-state index contributed by atoms with van der Waals surface area (Å²) >= 11 is 0. The van der Waals surface area contributed by atoms with Gasteiger partial charge in [-0.2, -0.15) is 0 Å². The number of para-hydroxylation sites is 2. The van der Waals surface area contributed by atoms with Crippen LogP contribution in [0, 0.1) is 0 Å². The molecule has 2 rings (SSSR count). The average Bonchev–Trinajstić information content (AvgIpc) is 2.86. The fourth-order valence-corrected chi connectivity index (χ4v) is 2.50. The number of nitrogens with two attached hydrogens (primary N) is 1. The molecule has 0 heterocycles. The molecule has 1 saturated carbocycles. The lowest BCUT2D eigenvalue weighted by atomic mass is 10.0.